The average molecular weight is 323 g/mol. The van der Waals surface area contributed by atoms with Crippen LogP contribution in [0.5, 0.6) is 0 Å². The van der Waals surface area contributed by atoms with Gasteiger partial charge in [-0.3, -0.25) is 0 Å². The molecule has 6 heteroatoms. The van der Waals surface area contributed by atoms with Crippen LogP contribution in [0.1, 0.15) is 11.9 Å². The first kappa shape index (κ1) is 10.4. The van der Waals surface area contributed by atoms with Crippen molar-refractivity contribution in [2.45, 2.75) is 6.10 Å². The van der Waals surface area contributed by atoms with Crippen LogP contribution < -0.4 is 5.73 Å². The fourth-order valence-corrected chi connectivity index (χ4v) is 2.29. The van der Waals surface area contributed by atoms with Crippen LogP contribution in [-0.4, -0.2) is 28.1 Å². The summed E-state index contributed by atoms with van der Waals surface area (Å²) in [6.45, 7) is 0.768. The van der Waals surface area contributed by atoms with Gasteiger partial charge in [0.05, 0.1) is 10.2 Å². The minimum absolute atomic E-state index is 0.00745. The monoisotopic (exact) mass is 323 g/mol. The van der Waals surface area contributed by atoms with Gasteiger partial charge in [-0.2, -0.15) is 11.8 Å². The summed E-state index contributed by atoms with van der Waals surface area (Å²) in [4.78, 5) is 8.44. The van der Waals surface area contributed by atoms with Crippen LogP contribution in [0.4, 0.5) is 5.82 Å². The fourth-order valence-electron chi connectivity index (χ4n) is 1.19. The maximum Gasteiger partial charge on any atom is 0.160 e. The molecule has 76 valence electrons. The molecule has 1 fully saturated rings. The topological polar surface area (TPSA) is 61.0 Å². The van der Waals surface area contributed by atoms with Gasteiger partial charge >= 0.3 is 0 Å². The molecule has 1 atom stereocenters. The van der Waals surface area contributed by atoms with Crippen LogP contribution in [0.2, 0.25) is 0 Å². The lowest BCUT2D eigenvalue weighted by Gasteiger charge is -2.20. The summed E-state index contributed by atoms with van der Waals surface area (Å²) in [5.74, 6) is 3.21. The van der Waals surface area contributed by atoms with E-state index in [1.165, 1.54) is 0 Å². The highest BCUT2D eigenvalue weighted by atomic mass is 127. The number of halogens is 1. The molecule has 0 radical (unpaired) electrons. The van der Waals surface area contributed by atoms with Crippen LogP contribution in [0, 0.1) is 3.57 Å². The Hall–Kier alpha value is -0.0800. The second-order valence-corrected chi connectivity index (χ2v) is 5.21. The Morgan fingerprint density at radius 2 is 2.50 bits per heavy atom. The van der Waals surface area contributed by atoms with Crippen molar-refractivity contribution < 1.29 is 4.74 Å². The number of nitrogens with two attached hydrogens (primary N) is 1. The van der Waals surface area contributed by atoms with Crippen LogP contribution in [-0.2, 0) is 4.74 Å². The van der Waals surface area contributed by atoms with Gasteiger partial charge in [0, 0.05) is 17.7 Å². The zero-order valence-corrected chi connectivity index (χ0v) is 10.4. The van der Waals surface area contributed by atoms with Crippen molar-refractivity contribution in [3.05, 3.63) is 15.6 Å². The third-order valence-electron chi connectivity index (χ3n) is 1.89. The molecule has 2 heterocycles. The van der Waals surface area contributed by atoms with Gasteiger partial charge in [-0.15, -0.1) is 0 Å². The number of nitrogen functional groups attached to an aromatic ring is 1. The summed E-state index contributed by atoms with van der Waals surface area (Å²) < 4.78 is 6.44. The Bertz CT molecular complexity index is 330. The standard InChI is InChI=1S/C8H10IN3OS/c9-5-3-11-8(12-7(5)10)6-4-14-2-1-13-6/h3,6H,1-2,4H2,(H2,10,11,12). The highest BCUT2D eigenvalue weighted by Crippen LogP contribution is 2.25. The van der Waals surface area contributed by atoms with E-state index in [1.54, 1.807) is 6.20 Å². The summed E-state index contributed by atoms with van der Waals surface area (Å²) in [6, 6.07) is 0. The molecule has 0 saturated carbocycles. The van der Waals surface area contributed by atoms with Crippen molar-refractivity contribution in [1.29, 1.82) is 0 Å². The molecule has 1 aliphatic heterocycles. The molecule has 1 unspecified atom stereocenters. The Balaban J connectivity index is 2.18. The zero-order valence-electron chi connectivity index (χ0n) is 7.44. The summed E-state index contributed by atoms with van der Waals surface area (Å²) in [5.41, 5.74) is 5.71. The molecule has 0 bridgehead atoms. The highest BCUT2D eigenvalue weighted by Gasteiger charge is 2.19. The molecule has 2 N–H and O–H groups in total. The maximum absolute atomic E-state index is 5.71. The number of hydrogen-bond donors (Lipinski definition) is 1. The van der Waals surface area contributed by atoms with Gasteiger partial charge in [0.1, 0.15) is 11.9 Å². The molecule has 1 aliphatic rings. The summed E-state index contributed by atoms with van der Waals surface area (Å²) in [5, 5.41) is 0. The highest BCUT2D eigenvalue weighted by molar-refractivity contribution is 14.1. The Labute approximate surface area is 100 Å². The molecule has 1 aromatic rings. The van der Waals surface area contributed by atoms with Crippen molar-refractivity contribution >= 4 is 40.2 Å². The lowest BCUT2D eigenvalue weighted by molar-refractivity contribution is 0.0695. The van der Waals surface area contributed by atoms with Crippen molar-refractivity contribution in [3.63, 3.8) is 0 Å². The fraction of sp³-hybridized carbons (Fsp3) is 0.500. The molecule has 0 amide bonds. The molecule has 0 aromatic carbocycles. The van der Waals surface area contributed by atoms with Crippen LogP contribution >= 0.6 is 34.4 Å². The van der Waals surface area contributed by atoms with E-state index in [1.807, 2.05) is 11.8 Å². The van der Waals surface area contributed by atoms with Crippen LogP contribution in [0.3, 0.4) is 0 Å². The molecule has 4 nitrogen and oxygen atoms in total. The third-order valence-corrected chi connectivity index (χ3v) is 3.72. The van der Waals surface area contributed by atoms with Crippen molar-refractivity contribution in [2.75, 3.05) is 23.8 Å². The molecule has 1 saturated heterocycles. The van der Waals surface area contributed by atoms with Gasteiger partial charge in [-0.05, 0) is 22.6 Å². The molecular weight excluding hydrogens is 313 g/mol. The minimum atomic E-state index is 0.00745. The zero-order chi connectivity index (χ0) is 9.97. The third kappa shape index (κ3) is 2.29. The van der Waals surface area contributed by atoms with E-state index in [0.717, 1.165) is 21.7 Å². The van der Waals surface area contributed by atoms with Crippen LogP contribution in [0.25, 0.3) is 0 Å². The summed E-state index contributed by atoms with van der Waals surface area (Å²) >= 11 is 3.98. The summed E-state index contributed by atoms with van der Waals surface area (Å²) in [6.07, 6.45) is 1.74. The van der Waals surface area contributed by atoms with Gasteiger partial charge < -0.3 is 10.5 Å². The van der Waals surface area contributed by atoms with Crippen molar-refractivity contribution in [1.82, 2.24) is 9.97 Å². The summed E-state index contributed by atoms with van der Waals surface area (Å²) in [7, 11) is 0. The number of anilines is 1. The number of aromatic nitrogens is 2. The second kappa shape index (κ2) is 4.63. The van der Waals surface area contributed by atoms with Gasteiger partial charge in [-0.1, -0.05) is 0 Å². The first-order valence-corrected chi connectivity index (χ1v) is 6.48. The Morgan fingerprint density at radius 3 is 3.14 bits per heavy atom. The quantitative estimate of drug-likeness (QED) is 0.793. The van der Waals surface area contributed by atoms with Gasteiger partial charge in [0.15, 0.2) is 5.82 Å². The number of thioether (sulfide) groups is 1. The SMILES string of the molecule is Nc1nc(C2CSCCO2)ncc1I. The smallest absolute Gasteiger partial charge is 0.160 e. The van der Waals surface area contributed by atoms with E-state index < -0.39 is 0 Å². The molecule has 14 heavy (non-hydrogen) atoms. The van der Waals surface area contributed by atoms with Crippen LogP contribution in [0.15, 0.2) is 6.20 Å². The van der Waals surface area contributed by atoms with Crippen molar-refractivity contribution in [2.24, 2.45) is 0 Å². The van der Waals surface area contributed by atoms with Crippen molar-refractivity contribution in [3.8, 4) is 0 Å². The average Bonchev–Trinajstić information content (AvgIpc) is 2.23. The number of nitrogens with zero attached hydrogens (tertiary/aromatic N) is 2. The second-order valence-electron chi connectivity index (χ2n) is 2.90. The minimum Gasteiger partial charge on any atom is -0.383 e. The largest absolute Gasteiger partial charge is 0.383 e. The van der Waals surface area contributed by atoms with E-state index in [9.17, 15) is 0 Å². The first-order chi connectivity index (χ1) is 6.77. The lowest BCUT2D eigenvalue weighted by atomic mass is 10.3. The molecule has 2 rings (SSSR count). The molecule has 0 spiro atoms. The molecular formula is C8H10IN3OS. The van der Waals surface area contributed by atoms with Gasteiger partial charge in [-0.25, -0.2) is 9.97 Å². The Morgan fingerprint density at radius 1 is 1.64 bits per heavy atom. The van der Waals surface area contributed by atoms with Gasteiger partial charge in [0.2, 0.25) is 0 Å². The maximum atomic E-state index is 5.71. The Kier molecular flexibility index (Phi) is 3.45. The predicted molar refractivity (Wildman–Crippen MR) is 65.2 cm³/mol. The molecule has 0 aliphatic carbocycles. The van der Waals surface area contributed by atoms with E-state index in [4.69, 9.17) is 10.5 Å². The first-order valence-electron chi connectivity index (χ1n) is 4.24. The number of hydrogen-bond acceptors (Lipinski definition) is 5. The van der Waals surface area contributed by atoms with Gasteiger partial charge in [0.25, 0.3) is 0 Å². The van der Waals surface area contributed by atoms with E-state index in [0.29, 0.717) is 11.6 Å². The normalized spacial score (nSPS) is 22.2. The van der Waals surface area contributed by atoms with E-state index in [2.05, 4.69) is 32.6 Å². The van der Waals surface area contributed by atoms with E-state index >= 15 is 0 Å². The molecule has 1 aromatic heterocycles. The number of ether oxygens (including phenoxy) is 1. The van der Waals surface area contributed by atoms with E-state index in [-0.39, 0.29) is 6.10 Å². The lowest BCUT2D eigenvalue weighted by Crippen LogP contribution is -2.18. The number of rotatable bonds is 1. The predicted octanol–water partition coefficient (Wildman–Crippen LogP) is 1.47.